The van der Waals surface area contributed by atoms with Gasteiger partial charge in [-0.25, -0.2) is 0 Å². The summed E-state index contributed by atoms with van der Waals surface area (Å²) in [7, 11) is 3.02. The number of hydrogen-bond donors (Lipinski definition) is 6. The molecule has 0 saturated carbocycles. The molecule has 0 aromatic rings. The molecule has 4 rings (SSSR count). The van der Waals surface area contributed by atoms with Crippen LogP contribution >= 0.6 is 0 Å². The molecule has 4 aliphatic rings. The van der Waals surface area contributed by atoms with E-state index in [1.165, 1.54) is 14.2 Å². The van der Waals surface area contributed by atoms with E-state index in [1.54, 1.807) is 20.8 Å². The fourth-order valence-electron chi connectivity index (χ4n) is 5.95. The van der Waals surface area contributed by atoms with Crippen molar-refractivity contribution in [2.75, 3.05) is 20.8 Å². The lowest BCUT2D eigenvalue weighted by atomic mass is 9.98. The van der Waals surface area contributed by atoms with Gasteiger partial charge in [0.1, 0.15) is 42.7 Å². The van der Waals surface area contributed by atoms with Gasteiger partial charge in [0, 0.05) is 33.5 Å². The first-order chi connectivity index (χ1) is 19.5. The third kappa shape index (κ3) is 7.56. The summed E-state index contributed by atoms with van der Waals surface area (Å²) in [5.74, 6) is 0. The van der Waals surface area contributed by atoms with Crippen LogP contribution in [0.5, 0.6) is 0 Å². The number of hydrogen-bond acceptors (Lipinski definition) is 15. The highest BCUT2D eigenvalue weighted by Gasteiger charge is 2.49. The van der Waals surface area contributed by atoms with Crippen molar-refractivity contribution >= 4 is 0 Å². The molecule has 0 aliphatic carbocycles. The standard InChI is InChI=1S/C26H46O15/c1-10-23(13(28)6-18(36-10)40-24-11(2)35-17(29)7-14(24)33-4)39-19-8-15(34-5)25(12(3)37-19)41-26-22(32)21(31)20(30)16(9-27)38-26/h10-32H,6-9H2,1-5H3/t10-,11-,12+,13+,14-,15+,16-,17+,18-,19-,20-,21+,22-,23-,24+,25-,26+/m1/s1. The zero-order valence-electron chi connectivity index (χ0n) is 24.0. The van der Waals surface area contributed by atoms with Crippen molar-refractivity contribution < 1.29 is 73.3 Å². The maximum absolute atomic E-state index is 11.0. The second-order valence-electron chi connectivity index (χ2n) is 11.2. The zero-order chi connectivity index (χ0) is 30.0. The molecule has 4 fully saturated rings. The molecule has 4 aliphatic heterocycles. The summed E-state index contributed by atoms with van der Waals surface area (Å²) in [4.78, 5) is 0. The summed E-state index contributed by atoms with van der Waals surface area (Å²) in [6, 6.07) is 0. The van der Waals surface area contributed by atoms with Gasteiger partial charge in [0.2, 0.25) is 0 Å². The Bertz CT molecular complexity index is 793. The quantitative estimate of drug-likeness (QED) is 0.166. The summed E-state index contributed by atoms with van der Waals surface area (Å²) >= 11 is 0. The summed E-state index contributed by atoms with van der Waals surface area (Å²) in [6.07, 6.45) is -14.6. The Morgan fingerprint density at radius 3 is 1.76 bits per heavy atom. The van der Waals surface area contributed by atoms with Crippen molar-refractivity contribution in [3.05, 3.63) is 0 Å². The van der Waals surface area contributed by atoms with Gasteiger partial charge in [-0.2, -0.15) is 0 Å². The highest BCUT2D eigenvalue weighted by Crippen LogP contribution is 2.34. The number of ether oxygens (including phenoxy) is 9. The van der Waals surface area contributed by atoms with Gasteiger partial charge in [-0.1, -0.05) is 0 Å². The van der Waals surface area contributed by atoms with Crippen LogP contribution in [-0.4, -0.2) is 156 Å². The molecular formula is C26H46O15. The van der Waals surface area contributed by atoms with Crippen molar-refractivity contribution in [1.82, 2.24) is 0 Å². The van der Waals surface area contributed by atoms with Gasteiger partial charge in [-0.05, 0) is 20.8 Å². The van der Waals surface area contributed by atoms with Crippen LogP contribution < -0.4 is 0 Å². The summed E-state index contributed by atoms with van der Waals surface area (Å²) in [5.41, 5.74) is 0. The van der Waals surface area contributed by atoms with Gasteiger partial charge < -0.3 is 73.3 Å². The number of methoxy groups -OCH3 is 2. The van der Waals surface area contributed by atoms with Crippen molar-refractivity contribution in [3.63, 3.8) is 0 Å². The molecular weight excluding hydrogens is 552 g/mol. The molecule has 0 aromatic carbocycles. The fraction of sp³-hybridized carbons (Fsp3) is 1.00. The van der Waals surface area contributed by atoms with Crippen LogP contribution in [0.25, 0.3) is 0 Å². The molecule has 0 amide bonds. The van der Waals surface area contributed by atoms with Gasteiger partial charge in [-0.3, -0.25) is 0 Å². The van der Waals surface area contributed by atoms with Crippen molar-refractivity contribution in [2.24, 2.45) is 0 Å². The Labute approximate surface area is 239 Å². The van der Waals surface area contributed by atoms with Crippen LogP contribution in [0, 0.1) is 0 Å². The van der Waals surface area contributed by atoms with E-state index in [9.17, 15) is 30.6 Å². The molecule has 6 N–H and O–H groups in total. The van der Waals surface area contributed by atoms with Crippen LogP contribution in [0.1, 0.15) is 40.0 Å². The molecule has 240 valence electrons. The van der Waals surface area contributed by atoms with Gasteiger partial charge in [0.05, 0.1) is 43.2 Å². The molecule has 41 heavy (non-hydrogen) atoms. The van der Waals surface area contributed by atoms with Crippen LogP contribution in [0.2, 0.25) is 0 Å². The van der Waals surface area contributed by atoms with Crippen LogP contribution in [0.15, 0.2) is 0 Å². The number of aliphatic hydroxyl groups excluding tert-OH is 6. The van der Waals surface area contributed by atoms with E-state index in [0.29, 0.717) is 0 Å². The molecule has 15 nitrogen and oxygen atoms in total. The molecule has 17 atom stereocenters. The Morgan fingerprint density at radius 2 is 1.15 bits per heavy atom. The summed E-state index contributed by atoms with van der Waals surface area (Å²) < 4.78 is 52.3. The molecule has 15 heteroatoms. The van der Waals surface area contributed by atoms with E-state index in [2.05, 4.69) is 0 Å². The largest absolute Gasteiger partial charge is 0.394 e. The maximum Gasteiger partial charge on any atom is 0.187 e. The molecule has 0 aromatic heterocycles. The lowest BCUT2D eigenvalue weighted by Crippen LogP contribution is -2.62. The first-order valence-electron chi connectivity index (χ1n) is 14.1. The Balaban J connectivity index is 1.32. The van der Waals surface area contributed by atoms with Gasteiger partial charge in [-0.15, -0.1) is 0 Å². The van der Waals surface area contributed by atoms with Crippen molar-refractivity contribution in [3.8, 4) is 0 Å². The minimum absolute atomic E-state index is 0.121. The molecule has 0 unspecified atom stereocenters. The average Bonchev–Trinajstić information content (AvgIpc) is 2.93. The van der Waals surface area contributed by atoms with Crippen LogP contribution in [0.3, 0.4) is 0 Å². The molecule has 0 radical (unpaired) electrons. The van der Waals surface area contributed by atoms with Crippen molar-refractivity contribution in [2.45, 2.75) is 145 Å². The monoisotopic (exact) mass is 598 g/mol. The highest BCUT2D eigenvalue weighted by molar-refractivity contribution is 4.92. The minimum atomic E-state index is -1.58. The summed E-state index contributed by atoms with van der Waals surface area (Å²) in [5, 5.41) is 60.8. The predicted molar refractivity (Wildman–Crippen MR) is 135 cm³/mol. The number of rotatable bonds is 9. The first kappa shape index (κ1) is 33.3. The second kappa shape index (κ2) is 14.5. The Morgan fingerprint density at radius 1 is 0.610 bits per heavy atom. The molecule has 0 spiro atoms. The van der Waals surface area contributed by atoms with E-state index in [4.69, 9.17) is 42.6 Å². The Kier molecular flexibility index (Phi) is 11.7. The fourth-order valence-corrected chi connectivity index (χ4v) is 5.95. The minimum Gasteiger partial charge on any atom is -0.394 e. The van der Waals surface area contributed by atoms with E-state index in [0.717, 1.165) is 0 Å². The maximum atomic E-state index is 11.0. The van der Waals surface area contributed by atoms with E-state index in [-0.39, 0.29) is 19.3 Å². The topological polar surface area (TPSA) is 204 Å². The zero-order valence-corrected chi connectivity index (χ0v) is 24.0. The third-order valence-electron chi connectivity index (χ3n) is 8.26. The van der Waals surface area contributed by atoms with Crippen molar-refractivity contribution in [1.29, 1.82) is 0 Å². The number of aliphatic hydroxyl groups is 6. The highest BCUT2D eigenvalue weighted by atomic mass is 16.8. The average molecular weight is 599 g/mol. The van der Waals surface area contributed by atoms with Gasteiger partial charge >= 0.3 is 0 Å². The Hall–Kier alpha value is -0.600. The third-order valence-corrected chi connectivity index (χ3v) is 8.26. The predicted octanol–water partition coefficient (Wildman–Crippen LogP) is -2.27. The van der Waals surface area contributed by atoms with Gasteiger partial charge in [0.15, 0.2) is 25.2 Å². The normalized spacial score (nSPS) is 51.4. The van der Waals surface area contributed by atoms with Crippen LogP contribution in [-0.2, 0) is 42.6 Å². The van der Waals surface area contributed by atoms with E-state index < -0.39 is 111 Å². The smallest absolute Gasteiger partial charge is 0.187 e. The first-order valence-corrected chi connectivity index (χ1v) is 14.1. The lowest BCUT2D eigenvalue weighted by molar-refractivity contribution is -0.355. The van der Waals surface area contributed by atoms with Crippen LogP contribution in [0.4, 0.5) is 0 Å². The van der Waals surface area contributed by atoms with Gasteiger partial charge in [0.25, 0.3) is 0 Å². The second-order valence-corrected chi connectivity index (χ2v) is 11.2. The van der Waals surface area contributed by atoms with E-state index >= 15 is 0 Å². The SMILES string of the molecule is CO[C@H]1C[C@@H](O[C@H]2[C@@H](O)C[C@@H](O[C@H]3[C@@H](C)O[C@H](O)C[C@H]3OC)O[C@@H]2C)O[C@@H](C)[C@H]1O[C@@H]1O[C@H](CO)[C@@H](O)[C@H](O)[C@H]1O. The summed E-state index contributed by atoms with van der Waals surface area (Å²) in [6.45, 7) is 4.67. The lowest BCUT2D eigenvalue weighted by Gasteiger charge is -2.46. The molecule has 4 saturated heterocycles. The van der Waals surface area contributed by atoms with E-state index in [1.807, 2.05) is 0 Å². The molecule has 0 bridgehead atoms. The molecule has 4 heterocycles.